The third kappa shape index (κ3) is 5.95. The Balaban J connectivity index is 2.35. The molecule has 0 fully saturated rings. The lowest BCUT2D eigenvalue weighted by atomic mass is 10.3. The molecular weight excluding hydrogens is 458 g/mol. The third-order valence-corrected chi connectivity index (χ3v) is 6.90. The molecule has 0 aliphatic carbocycles. The van der Waals surface area contributed by atoms with Crippen molar-refractivity contribution in [1.29, 1.82) is 0 Å². The van der Waals surface area contributed by atoms with Gasteiger partial charge in [0.15, 0.2) is 5.69 Å². The summed E-state index contributed by atoms with van der Waals surface area (Å²) in [5.74, 6) is -0.628. The molecule has 0 unspecified atom stereocenters. The highest BCUT2D eigenvalue weighted by molar-refractivity contribution is 7.89. The van der Waals surface area contributed by atoms with Crippen LogP contribution in [0.4, 0.5) is 5.69 Å². The zero-order chi connectivity index (χ0) is 22.3. The van der Waals surface area contributed by atoms with Crippen LogP contribution in [-0.2, 0) is 26.0 Å². The largest absolute Gasteiger partial charge is 0.464 e. The molecule has 0 amide bonds. The van der Waals surface area contributed by atoms with Crippen LogP contribution in [0.25, 0.3) is 0 Å². The van der Waals surface area contributed by atoms with E-state index < -0.39 is 26.6 Å². The van der Waals surface area contributed by atoms with E-state index in [-0.39, 0.29) is 28.7 Å². The molecule has 0 aliphatic heterocycles. The minimum absolute atomic E-state index is 0.0753. The summed E-state index contributed by atoms with van der Waals surface area (Å²) in [4.78, 5) is 25.8. The summed E-state index contributed by atoms with van der Waals surface area (Å²) in [5.41, 5.74) is -0.430. The van der Waals surface area contributed by atoms with Crippen LogP contribution in [-0.4, -0.2) is 55.5 Å². The van der Waals surface area contributed by atoms with Gasteiger partial charge in [0.25, 0.3) is 5.69 Å². The highest BCUT2D eigenvalue weighted by atomic mass is 35.5. The van der Waals surface area contributed by atoms with Crippen molar-refractivity contribution in [1.82, 2.24) is 9.29 Å². The molecule has 0 saturated heterocycles. The van der Waals surface area contributed by atoms with Crippen molar-refractivity contribution in [2.45, 2.75) is 24.8 Å². The van der Waals surface area contributed by atoms with Gasteiger partial charge in [0.05, 0.1) is 23.5 Å². The summed E-state index contributed by atoms with van der Waals surface area (Å²) >= 11 is 6.90. The monoisotopic (exact) mass is 477 g/mol. The van der Waals surface area contributed by atoms with Crippen molar-refractivity contribution in [3.8, 4) is 0 Å². The maximum atomic E-state index is 13.2. The number of ether oxygens (including phenoxy) is 2. The van der Waals surface area contributed by atoms with E-state index in [0.29, 0.717) is 24.6 Å². The van der Waals surface area contributed by atoms with Gasteiger partial charge < -0.3 is 9.47 Å². The maximum absolute atomic E-state index is 13.2. The van der Waals surface area contributed by atoms with Crippen LogP contribution in [0, 0.1) is 10.1 Å². The van der Waals surface area contributed by atoms with Crippen LogP contribution < -0.4 is 0 Å². The number of nitrogens with zero attached hydrogens (tertiary/aromatic N) is 3. The number of hydrogen-bond donors (Lipinski definition) is 0. The highest BCUT2D eigenvalue weighted by Crippen LogP contribution is 2.29. The molecule has 0 radical (unpaired) electrons. The van der Waals surface area contributed by atoms with Crippen molar-refractivity contribution >= 4 is 44.6 Å². The number of benzene rings is 1. The smallest absolute Gasteiger partial charge is 0.357 e. The van der Waals surface area contributed by atoms with E-state index in [9.17, 15) is 23.3 Å². The molecule has 2 aromatic rings. The first kappa shape index (κ1) is 24.2. The van der Waals surface area contributed by atoms with Gasteiger partial charge in [-0.15, -0.1) is 11.3 Å². The number of halogens is 1. The molecule has 164 valence electrons. The molecule has 2 rings (SSSR count). The number of methoxy groups -OCH3 is 1. The molecule has 30 heavy (non-hydrogen) atoms. The van der Waals surface area contributed by atoms with Gasteiger partial charge in [-0.2, -0.15) is 4.31 Å². The number of sulfonamides is 1. The van der Waals surface area contributed by atoms with E-state index in [1.54, 1.807) is 0 Å². The second-order valence-electron chi connectivity index (χ2n) is 5.88. The Morgan fingerprint density at radius 2 is 2.13 bits per heavy atom. The number of nitro benzene ring substituents is 1. The Labute approximate surface area is 182 Å². The highest BCUT2D eigenvalue weighted by Gasteiger charge is 2.28. The van der Waals surface area contributed by atoms with Crippen LogP contribution in [0.5, 0.6) is 0 Å². The molecule has 1 aromatic heterocycles. The fourth-order valence-electron chi connectivity index (χ4n) is 2.45. The van der Waals surface area contributed by atoms with Crippen LogP contribution in [0.1, 0.15) is 28.8 Å². The van der Waals surface area contributed by atoms with Gasteiger partial charge in [0.2, 0.25) is 10.0 Å². The number of esters is 1. The Bertz CT molecular complexity index is 1010. The average Bonchev–Trinajstić information content (AvgIpc) is 3.18. The predicted molar refractivity (Wildman–Crippen MR) is 110 cm³/mol. The summed E-state index contributed by atoms with van der Waals surface area (Å²) in [6.45, 7) is 2.63. The van der Waals surface area contributed by atoms with E-state index in [1.165, 1.54) is 24.6 Å². The quantitative estimate of drug-likeness (QED) is 0.209. The molecular formula is C17H20ClN3O7S2. The predicted octanol–water partition coefficient (Wildman–Crippen LogP) is 3.11. The zero-order valence-corrected chi connectivity index (χ0v) is 18.6. The van der Waals surface area contributed by atoms with Crippen LogP contribution >= 0.6 is 22.9 Å². The first-order valence-electron chi connectivity index (χ1n) is 8.75. The molecule has 0 aliphatic rings. The van der Waals surface area contributed by atoms with Gasteiger partial charge in [-0.25, -0.2) is 18.2 Å². The minimum atomic E-state index is -4.11. The van der Waals surface area contributed by atoms with Crippen LogP contribution in [0.2, 0.25) is 5.02 Å². The molecule has 0 atom stereocenters. The number of hydrogen-bond acceptors (Lipinski definition) is 9. The Morgan fingerprint density at radius 1 is 1.40 bits per heavy atom. The van der Waals surface area contributed by atoms with Crippen molar-refractivity contribution in [2.75, 3.05) is 26.9 Å². The topological polar surface area (TPSA) is 129 Å². The van der Waals surface area contributed by atoms with Gasteiger partial charge in [0.1, 0.15) is 10.0 Å². The van der Waals surface area contributed by atoms with Gasteiger partial charge in [0, 0.05) is 31.2 Å². The number of rotatable bonds is 11. The van der Waals surface area contributed by atoms with Crippen LogP contribution in [0.15, 0.2) is 28.5 Å². The Kier molecular flexibility index (Phi) is 8.67. The van der Waals surface area contributed by atoms with Gasteiger partial charge >= 0.3 is 5.97 Å². The summed E-state index contributed by atoms with van der Waals surface area (Å²) in [5, 5.41) is 12.8. The number of nitro groups is 1. The summed E-state index contributed by atoms with van der Waals surface area (Å²) in [6, 6.07) is 3.31. The minimum Gasteiger partial charge on any atom is -0.464 e. The van der Waals surface area contributed by atoms with E-state index >= 15 is 0 Å². The normalized spacial score (nSPS) is 11.6. The van der Waals surface area contributed by atoms with E-state index in [4.69, 9.17) is 16.3 Å². The SMILES string of the molecule is CCOCCCN(Cc1nc(C(=O)OC)cs1)S(=O)(=O)c1ccc(Cl)c([N+](=O)[O-])c1. The van der Waals surface area contributed by atoms with Gasteiger partial charge in [-0.05, 0) is 25.5 Å². The fraction of sp³-hybridized carbons (Fsp3) is 0.412. The van der Waals surface area contributed by atoms with E-state index in [2.05, 4.69) is 9.72 Å². The van der Waals surface area contributed by atoms with Crippen LogP contribution in [0.3, 0.4) is 0 Å². The maximum Gasteiger partial charge on any atom is 0.357 e. The molecule has 1 heterocycles. The lowest BCUT2D eigenvalue weighted by molar-refractivity contribution is -0.384. The summed E-state index contributed by atoms with van der Waals surface area (Å²) in [6.07, 6.45) is 0.401. The van der Waals surface area contributed by atoms with Gasteiger partial charge in [-0.1, -0.05) is 11.6 Å². The van der Waals surface area contributed by atoms with Crippen molar-refractivity contribution in [3.05, 3.63) is 49.4 Å². The second-order valence-corrected chi connectivity index (χ2v) is 9.17. The van der Waals surface area contributed by atoms with Crippen molar-refractivity contribution in [3.63, 3.8) is 0 Å². The zero-order valence-electron chi connectivity index (χ0n) is 16.2. The average molecular weight is 478 g/mol. The lowest BCUT2D eigenvalue weighted by Gasteiger charge is -2.21. The van der Waals surface area contributed by atoms with Crippen molar-refractivity contribution in [2.24, 2.45) is 0 Å². The summed E-state index contributed by atoms with van der Waals surface area (Å²) < 4.78 is 37.4. The second kappa shape index (κ2) is 10.8. The molecule has 0 spiro atoms. The first-order chi connectivity index (χ1) is 14.2. The Morgan fingerprint density at radius 3 is 2.77 bits per heavy atom. The molecule has 0 N–H and O–H groups in total. The molecule has 1 aromatic carbocycles. The van der Waals surface area contributed by atoms with E-state index in [1.807, 2.05) is 6.92 Å². The number of carbonyl (C=O) groups is 1. The Hall–Kier alpha value is -2.12. The number of carbonyl (C=O) groups excluding carboxylic acids is 1. The third-order valence-electron chi connectivity index (χ3n) is 3.91. The molecule has 10 nitrogen and oxygen atoms in total. The number of aromatic nitrogens is 1. The van der Waals surface area contributed by atoms with Gasteiger partial charge in [-0.3, -0.25) is 10.1 Å². The first-order valence-corrected chi connectivity index (χ1v) is 11.4. The summed E-state index contributed by atoms with van der Waals surface area (Å²) in [7, 11) is -2.89. The van der Waals surface area contributed by atoms with Crippen molar-refractivity contribution < 1.29 is 27.6 Å². The fourth-order valence-corrected chi connectivity index (χ4v) is 4.95. The number of thiazole rings is 1. The molecule has 0 bridgehead atoms. The molecule has 0 saturated carbocycles. The van der Waals surface area contributed by atoms with E-state index in [0.717, 1.165) is 21.7 Å². The molecule has 13 heteroatoms. The standard InChI is InChI=1S/C17H20ClN3O7S2/c1-3-28-8-4-7-20(10-16-19-14(11-29-16)17(22)27-2)30(25,26)12-5-6-13(18)15(9-12)21(23)24/h5-6,9,11H,3-4,7-8,10H2,1-2H3. The lowest BCUT2D eigenvalue weighted by Crippen LogP contribution is -2.32.